The Morgan fingerprint density at radius 2 is 1.83 bits per heavy atom. The highest BCUT2D eigenvalue weighted by molar-refractivity contribution is 5.93. The first-order valence-corrected chi connectivity index (χ1v) is 7.09. The summed E-state index contributed by atoms with van der Waals surface area (Å²) in [5.74, 6) is 1.04. The molecule has 1 amide bonds. The molecule has 1 aromatic carbocycles. The number of hydrogen-bond donors (Lipinski definition) is 0. The molecule has 0 unspecified atom stereocenters. The average molecular weight is 316 g/mol. The molecule has 0 N–H and O–H groups in total. The molecule has 2 aromatic rings. The van der Waals surface area contributed by atoms with E-state index in [0.29, 0.717) is 23.6 Å². The zero-order valence-corrected chi connectivity index (χ0v) is 13.7. The molecule has 0 bridgehead atoms. The smallest absolute Gasteiger partial charge is 0.254 e. The summed E-state index contributed by atoms with van der Waals surface area (Å²) in [5, 5.41) is 0. The van der Waals surface area contributed by atoms with Crippen LogP contribution in [0.2, 0.25) is 0 Å². The van der Waals surface area contributed by atoms with Gasteiger partial charge in [0.05, 0.1) is 14.2 Å². The van der Waals surface area contributed by atoms with Crippen LogP contribution < -0.4 is 15.0 Å². The van der Waals surface area contributed by atoms with E-state index in [1.165, 1.54) is 10.6 Å². The van der Waals surface area contributed by atoms with E-state index in [1.807, 2.05) is 12.1 Å². The van der Waals surface area contributed by atoms with Gasteiger partial charge in [0, 0.05) is 38.5 Å². The van der Waals surface area contributed by atoms with Crippen LogP contribution in [-0.2, 0) is 13.6 Å². The van der Waals surface area contributed by atoms with Gasteiger partial charge >= 0.3 is 0 Å². The van der Waals surface area contributed by atoms with Gasteiger partial charge < -0.3 is 18.9 Å². The maximum atomic E-state index is 12.4. The molecule has 0 fully saturated rings. The van der Waals surface area contributed by atoms with Crippen molar-refractivity contribution >= 4 is 5.91 Å². The Balaban J connectivity index is 2.17. The van der Waals surface area contributed by atoms with Gasteiger partial charge in [-0.1, -0.05) is 6.07 Å². The van der Waals surface area contributed by atoms with Crippen molar-refractivity contribution in [2.75, 3.05) is 21.3 Å². The van der Waals surface area contributed by atoms with E-state index in [2.05, 4.69) is 0 Å². The van der Waals surface area contributed by atoms with Crippen molar-refractivity contribution in [2.24, 2.45) is 7.05 Å². The fourth-order valence-electron chi connectivity index (χ4n) is 2.23. The Morgan fingerprint density at radius 3 is 2.43 bits per heavy atom. The number of hydrogen-bond acceptors (Lipinski definition) is 4. The van der Waals surface area contributed by atoms with Gasteiger partial charge in [-0.2, -0.15) is 0 Å². The lowest BCUT2D eigenvalue weighted by molar-refractivity contribution is 0.0784. The van der Waals surface area contributed by atoms with Crippen LogP contribution in [-0.4, -0.2) is 36.6 Å². The van der Waals surface area contributed by atoms with Crippen molar-refractivity contribution in [2.45, 2.75) is 6.54 Å². The summed E-state index contributed by atoms with van der Waals surface area (Å²) in [6.07, 6.45) is 1.58. The van der Waals surface area contributed by atoms with Crippen molar-refractivity contribution in [3.8, 4) is 11.5 Å². The second kappa shape index (κ2) is 7.00. The number of aromatic nitrogens is 1. The van der Waals surface area contributed by atoms with Crippen molar-refractivity contribution in [1.82, 2.24) is 9.47 Å². The minimum absolute atomic E-state index is 0.211. The zero-order valence-electron chi connectivity index (χ0n) is 13.7. The molecule has 1 heterocycles. The number of ether oxygens (including phenoxy) is 2. The highest BCUT2D eigenvalue weighted by Gasteiger charge is 2.14. The van der Waals surface area contributed by atoms with E-state index >= 15 is 0 Å². The Bertz CT molecular complexity index is 767. The van der Waals surface area contributed by atoms with Gasteiger partial charge in [-0.05, 0) is 23.8 Å². The first-order valence-electron chi connectivity index (χ1n) is 7.09. The number of nitrogens with zero attached hydrogens (tertiary/aromatic N) is 2. The minimum Gasteiger partial charge on any atom is -0.493 e. The maximum Gasteiger partial charge on any atom is 0.254 e. The van der Waals surface area contributed by atoms with Gasteiger partial charge in [-0.15, -0.1) is 0 Å². The maximum absolute atomic E-state index is 12.4. The third-order valence-corrected chi connectivity index (χ3v) is 3.57. The molecular weight excluding hydrogens is 296 g/mol. The second-order valence-corrected chi connectivity index (χ2v) is 5.22. The molecule has 23 heavy (non-hydrogen) atoms. The minimum atomic E-state index is -0.213. The predicted octanol–water partition coefficient (Wildman–Crippen LogP) is 1.67. The molecule has 6 heteroatoms. The molecule has 122 valence electrons. The standard InChI is InChI=1S/C17H20N2O4/c1-18-8-7-13(10-16(18)20)17(21)19(2)11-12-5-6-14(22-3)15(9-12)23-4/h5-10H,11H2,1-4H3. The number of carbonyl (C=O) groups is 1. The molecule has 0 saturated carbocycles. The van der Waals surface area contributed by atoms with Crippen LogP contribution in [0.25, 0.3) is 0 Å². The molecule has 0 spiro atoms. The molecule has 0 aliphatic heterocycles. The van der Waals surface area contributed by atoms with E-state index in [1.54, 1.807) is 51.5 Å². The summed E-state index contributed by atoms with van der Waals surface area (Å²) in [4.78, 5) is 25.6. The SMILES string of the molecule is COc1ccc(CN(C)C(=O)c2ccn(C)c(=O)c2)cc1OC. The summed E-state index contributed by atoms with van der Waals surface area (Å²) in [6, 6.07) is 8.47. The normalized spacial score (nSPS) is 10.3. The number of carbonyl (C=O) groups excluding carboxylic acids is 1. The summed E-state index contributed by atoms with van der Waals surface area (Å²) in [7, 11) is 6.47. The monoisotopic (exact) mass is 316 g/mol. The van der Waals surface area contributed by atoms with Crippen molar-refractivity contribution < 1.29 is 14.3 Å². The Kier molecular flexibility index (Phi) is 5.05. The molecule has 1 aromatic heterocycles. The number of methoxy groups -OCH3 is 2. The van der Waals surface area contributed by atoms with Crippen LogP contribution in [0.5, 0.6) is 11.5 Å². The number of pyridine rings is 1. The summed E-state index contributed by atoms with van der Waals surface area (Å²) < 4.78 is 11.9. The van der Waals surface area contributed by atoms with E-state index in [-0.39, 0.29) is 11.5 Å². The predicted molar refractivity (Wildman–Crippen MR) is 87.0 cm³/mol. The first kappa shape index (κ1) is 16.6. The Labute approximate surface area is 134 Å². The molecule has 0 saturated heterocycles. The lowest BCUT2D eigenvalue weighted by Gasteiger charge is -2.18. The number of amides is 1. The zero-order chi connectivity index (χ0) is 17.0. The lowest BCUT2D eigenvalue weighted by Crippen LogP contribution is -2.28. The lowest BCUT2D eigenvalue weighted by atomic mass is 10.1. The largest absolute Gasteiger partial charge is 0.493 e. The Hall–Kier alpha value is -2.76. The average Bonchev–Trinajstić information content (AvgIpc) is 2.56. The Morgan fingerprint density at radius 1 is 1.13 bits per heavy atom. The van der Waals surface area contributed by atoms with Crippen LogP contribution in [0.4, 0.5) is 0 Å². The molecular formula is C17H20N2O4. The first-order chi connectivity index (χ1) is 11.0. The van der Waals surface area contributed by atoms with Crippen molar-refractivity contribution in [3.05, 3.63) is 58.0 Å². The second-order valence-electron chi connectivity index (χ2n) is 5.22. The van der Waals surface area contributed by atoms with E-state index in [0.717, 1.165) is 5.56 Å². The topological polar surface area (TPSA) is 60.8 Å². The summed E-state index contributed by atoms with van der Waals surface area (Å²) >= 11 is 0. The van der Waals surface area contributed by atoms with Crippen LogP contribution in [0, 0.1) is 0 Å². The van der Waals surface area contributed by atoms with Gasteiger partial charge in [-0.3, -0.25) is 9.59 Å². The van der Waals surface area contributed by atoms with E-state index in [9.17, 15) is 9.59 Å². The number of benzene rings is 1. The van der Waals surface area contributed by atoms with Gasteiger partial charge in [0.1, 0.15) is 0 Å². The molecule has 0 aliphatic rings. The molecule has 6 nitrogen and oxygen atoms in total. The van der Waals surface area contributed by atoms with Gasteiger partial charge in [0.25, 0.3) is 11.5 Å². The van der Waals surface area contributed by atoms with E-state index < -0.39 is 0 Å². The highest BCUT2D eigenvalue weighted by atomic mass is 16.5. The van der Waals surface area contributed by atoms with Gasteiger partial charge in [0.2, 0.25) is 0 Å². The van der Waals surface area contributed by atoms with Crippen LogP contribution in [0.15, 0.2) is 41.3 Å². The highest BCUT2D eigenvalue weighted by Crippen LogP contribution is 2.28. The van der Waals surface area contributed by atoms with Crippen LogP contribution >= 0.6 is 0 Å². The van der Waals surface area contributed by atoms with Crippen LogP contribution in [0.1, 0.15) is 15.9 Å². The van der Waals surface area contributed by atoms with Gasteiger partial charge in [-0.25, -0.2) is 0 Å². The molecule has 0 radical (unpaired) electrons. The van der Waals surface area contributed by atoms with Gasteiger partial charge in [0.15, 0.2) is 11.5 Å². The summed E-state index contributed by atoms with van der Waals surface area (Å²) in [5.41, 5.74) is 1.06. The molecule has 2 rings (SSSR count). The van der Waals surface area contributed by atoms with Crippen LogP contribution in [0.3, 0.4) is 0 Å². The summed E-state index contributed by atoms with van der Waals surface area (Å²) in [6.45, 7) is 0.397. The third-order valence-electron chi connectivity index (χ3n) is 3.57. The molecule has 0 aliphatic carbocycles. The third kappa shape index (κ3) is 3.71. The van der Waals surface area contributed by atoms with Crippen molar-refractivity contribution in [1.29, 1.82) is 0 Å². The number of rotatable bonds is 5. The fourth-order valence-corrected chi connectivity index (χ4v) is 2.23. The fraction of sp³-hybridized carbons (Fsp3) is 0.294. The number of aryl methyl sites for hydroxylation is 1. The van der Waals surface area contributed by atoms with Crippen molar-refractivity contribution in [3.63, 3.8) is 0 Å². The molecule has 0 atom stereocenters. The van der Waals surface area contributed by atoms with E-state index in [4.69, 9.17) is 9.47 Å². The quantitative estimate of drug-likeness (QED) is 0.842.